The number of thiazole rings is 1. The van der Waals surface area contributed by atoms with Crippen molar-refractivity contribution in [2.45, 2.75) is 26.4 Å². The molecule has 17 heavy (non-hydrogen) atoms. The van der Waals surface area contributed by atoms with Gasteiger partial charge in [-0.3, -0.25) is 0 Å². The van der Waals surface area contributed by atoms with Gasteiger partial charge in [-0.05, 0) is 31.5 Å². The lowest BCUT2D eigenvalue weighted by molar-refractivity contribution is 0.559. The maximum Gasteiger partial charge on any atom is 0.123 e. The van der Waals surface area contributed by atoms with E-state index in [1.807, 2.05) is 13.0 Å². The monoisotopic (exact) mass is 250 g/mol. The standard InChI is InChI=1S/C13H15FN2S/c1-9(13-8-17-10(2)16-13)15-7-11-4-3-5-12(14)6-11/h3-6,8-9,15H,7H2,1-2H3. The fourth-order valence-corrected chi connectivity index (χ4v) is 2.31. The van der Waals surface area contributed by atoms with E-state index < -0.39 is 0 Å². The lowest BCUT2D eigenvalue weighted by Gasteiger charge is -2.11. The van der Waals surface area contributed by atoms with Crippen molar-refractivity contribution in [1.29, 1.82) is 0 Å². The van der Waals surface area contributed by atoms with Gasteiger partial charge in [0, 0.05) is 18.0 Å². The second kappa shape index (κ2) is 5.38. The number of rotatable bonds is 4. The molecule has 0 bridgehead atoms. The normalized spacial score (nSPS) is 12.6. The van der Waals surface area contributed by atoms with E-state index in [0.29, 0.717) is 6.54 Å². The van der Waals surface area contributed by atoms with Crippen molar-refractivity contribution in [3.8, 4) is 0 Å². The van der Waals surface area contributed by atoms with Crippen LogP contribution in [-0.2, 0) is 6.54 Å². The minimum atomic E-state index is -0.193. The Bertz CT molecular complexity index is 496. The van der Waals surface area contributed by atoms with E-state index in [4.69, 9.17) is 0 Å². The summed E-state index contributed by atoms with van der Waals surface area (Å²) >= 11 is 1.65. The third-order valence-electron chi connectivity index (χ3n) is 2.58. The summed E-state index contributed by atoms with van der Waals surface area (Å²) in [5, 5.41) is 6.46. The molecule has 1 unspecified atom stereocenters. The van der Waals surface area contributed by atoms with Crippen molar-refractivity contribution >= 4 is 11.3 Å². The molecule has 1 atom stereocenters. The Kier molecular flexibility index (Phi) is 3.86. The number of nitrogens with zero attached hydrogens (tertiary/aromatic N) is 1. The number of aryl methyl sites for hydroxylation is 1. The Labute approximate surface area is 105 Å². The zero-order chi connectivity index (χ0) is 12.3. The summed E-state index contributed by atoms with van der Waals surface area (Å²) in [6.45, 7) is 4.71. The second-order valence-electron chi connectivity index (χ2n) is 4.02. The number of halogens is 1. The van der Waals surface area contributed by atoms with E-state index in [0.717, 1.165) is 16.3 Å². The van der Waals surface area contributed by atoms with Crippen LogP contribution in [0.4, 0.5) is 4.39 Å². The first-order chi connectivity index (χ1) is 8.15. The molecule has 4 heteroatoms. The highest BCUT2D eigenvalue weighted by molar-refractivity contribution is 7.09. The van der Waals surface area contributed by atoms with Gasteiger partial charge in [-0.1, -0.05) is 12.1 Å². The average molecular weight is 250 g/mol. The van der Waals surface area contributed by atoms with Gasteiger partial charge in [-0.15, -0.1) is 11.3 Å². The van der Waals surface area contributed by atoms with Crippen molar-refractivity contribution in [2.75, 3.05) is 0 Å². The molecule has 2 rings (SSSR count). The van der Waals surface area contributed by atoms with Gasteiger partial charge in [0.1, 0.15) is 5.82 Å². The summed E-state index contributed by atoms with van der Waals surface area (Å²) in [5.41, 5.74) is 1.99. The van der Waals surface area contributed by atoms with Crippen LogP contribution in [0.15, 0.2) is 29.6 Å². The van der Waals surface area contributed by atoms with Crippen LogP contribution in [0.3, 0.4) is 0 Å². The third kappa shape index (κ3) is 3.35. The molecular formula is C13H15FN2S. The molecule has 0 saturated heterocycles. The first kappa shape index (κ1) is 12.2. The molecule has 0 spiro atoms. The zero-order valence-electron chi connectivity index (χ0n) is 9.90. The lowest BCUT2D eigenvalue weighted by atomic mass is 10.2. The molecule has 1 aromatic carbocycles. The molecule has 0 aliphatic rings. The third-order valence-corrected chi connectivity index (χ3v) is 3.37. The van der Waals surface area contributed by atoms with Crippen LogP contribution < -0.4 is 5.32 Å². The molecule has 0 aliphatic carbocycles. The average Bonchev–Trinajstić information content (AvgIpc) is 2.73. The van der Waals surface area contributed by atoms with Crippen LogP contribution in [-0.4, -0.2) is 4.98 Å². The Morgan fingerprint density at radius 2 is 2.29 bits per heavy atom. The summed E-state index contributed by atoms with van der Waals surface area (Å²) in [7, 11) is 0. The van der Waals surface area contributed by atoms with E-state index in [2.05, 4.69) is 22.6 Å². The first-order valence-corrected chi connectivity index (χ1v) is 6.43. The van der Waals surface area contributed by atoms with E-state index in [9.17, 15) is 4.39 Å². The maximum atomic E-state index is 13.0. The summed E-state index contributed by atoms with van der Waals surface area (Å²) in [5.74, 6) is -0.193. The highest BCUT2D eigenvalue weighted by atomic mass is 32.1. The molecule has 2 aromatic rings. The molecular weight excluding hydrogens is 235 g/mol. The number of nitrogens with one attached hydrogen (secondary N) is 1. The SMILES string of the molecule is Cc1nc(C(C)NCc2cccc(F)c2)cs1. The molecule has 2 nitrogen and oxygen atoms in total. The highest BCUT2D eigenvalue weighted by Gasteiger charge is 2.08. The van der Waals surface area contributed by atoms with Gasteiger partial charge in [0.2, 0.25) is 0 Å². The topological polar surface area (TPSA) is 24.9 Å². The van der Waals surface area contributed by atoms with E-state index in [-0.39, 0.29) is 11.9 Å². The zero-order valence-corrected chi connectivity index (χ0v) is 10.7. The molecule has 0 radical (unpaired) electrons. The van der Waals surface area contributed by atoms with Crippen LogP contribution in [0.1, 0.15) is 29.2 Å². The molecule has 0 aliphatic heterocycles. The largest absolute Gasteiger partial charge is 0.305 e. The Hall–Kier alpha value is -1.26. The second-order valence-corrected chi connectivity index (χ2v) is 5.09. The minimum Gasteiger partial charge on any atom is -0.305 e. The summed E-state index contributed by atoms with van der Waals surface area (Å²) in [4.78, 5) is 4.42. The molecule has 1 heterocycles. The Balaban J connectivity index is 1.94. The van der Waals surface area contributed by atoms with Crippen LogP contribution in [0.5, 0.6) is 0 Å². The van der Waals surface area contributed by atoms with Crippen molar-refractivity contribution in [2.24, 2.45) is 0 Å². The summed E-state index contributed by atoms with van der Waals surface area (Å²) in [6.07, 6.45) is 0. The van der Waals surface area contributed by atoms with E-state index in [1.54, 1.807) is 23.5 Å². The van der Waals surface area contributed by atoms with Crippen LogP contribution in [0.25, 0.3) is 0 Å². The maximum absolute atomic E-state index is 13.0. The summed E-state index contributed by atoms with van der Waals surface area (Å²) in [6, 6.07) is 6.82. The van der Waals surface area contributed by atoms with Crippen LogP contribution in [0, 0.1) is 12.7 Å². The smallest absolute Gasteiger partial charge is 0.123 e. The van der Waals surface area contributed by atoms with Gasteiger partial charge in [0.15, 0.2) is 0 Å². The Morgan fingerprint density at radius 1 is 1.47 bits per heavy atom. The van der Waals surface area contributed by atoms with Gasteiger partial charge in [0.05, 0.1) is 10.7 Å². The number of aromatic nitrogens is 1. The molecule has 0 fully saturated rings. The molecule has 1 aromatic heterocycles. The van der Waals surface area contributed by atoms with E-state index in [1.165, 1.54) is 6.07 Å². The highest BCUT2D eigenvalue weighted by Crippen LogP contribution is 2.16. The predicted octanol–water partition coefficient (Wildman–Crippen LogP) is 3.44. The predicted molar refractivity (Wildman–Crippen MR) is 68.5 cm³/mol. The van der Waals surface area contributed by atoms with Gasteiger partial charge in [0.25, 0.3) is 0 Å². The fourth-order valence-electron chi connectivity index (χ4n) is 1.60. The fraction of sp³-hybridized carbons (Fsp3) is 0.308. The first-order valence-electron chi connectivity index (χ1n) is 5.55. The Morgan fingerprint density at radius 3 is 2.94 bits per heavy atom. The number of hydrogen-bond acceptors (Lipinski definition) is 3. The van der Waals surface area contributed by atoms with Crippen LogP contribution >= 0.6 is 11.3 Å². The molecule has 0 saturated carbocycles. The van der Waals surface area contributed by atoms with Crippen molar-refractivity contribution in [3.63, 3.8) is 0 Å². The number of hydrogen-bond donors (Lipinski definition) is 1. The van der Waals surface area contributed by atoms with Crippen molar-refractivity contribution in [3.05, 3.63) is 51.7 Å². The van der Waals surface area contributed by atoms with Crippen molar-refractivity contribution in [1.82, 2.24) is 10.3 Å². The minimum absolute atomic E-state index is 0.184. The quantitative estimate of drug-likeness (QED) is 0.899. The molecule has 90 valence electrons. The van der Waals surface area contributed by atoms with Crippen molar-refractivity contribution < 1.29 is 4.39 Å². The van der Waals surface area contributed by atoms with E-state index >= 15 is 0 Å². The van der Waals surface area contributed by atoms with Gasteiger partial charge >= 0.3 is 0 Å². The van der Waals surface area contributed by atoms with Gasteiger partial charge < -0.3 is 5.32 Å². The van der Waals surface area contributed by atoms with Gasteiger partial charge in [-0.25, -0.2) is 9.37 Å². The van der Waals surface area contributed by atoms with Crippen LogP contribution in [0.2, 0.25) is 0 Å². The summed E-state index contributed by atoms with van der Waals surface area (Å²) < 4.78 is 13.0. The molecule has 0 amide bonds. The number of benzene rings is 1. The lowest BCUT2D eigenvalue weighted by Crippen LogP contribution is -2.18. The molecule has 1 N–H and O–H groups in total. The van der Waals surface area contributed by atoms with Gasteiger partial charge in [-0.2, -0.15) is 0 Å².